The summed E-state index contributed by atoms with van der Waals surface area (Å²) in [6.07, 6.45) is 10.8. The molecule has 0 bridgehead atoms. The first-order chi connectivity index (χ1) is 8.66. The van der Waals surface area contributed by atoms with Crippen LogP contribution in [0.1, 0.15) is 72.1 Å². The largest absolute Gasteiger partial charge is 0.471 e. The topological polar surface area (TPSA) is 21.3 Å². The SMILES string of the molecule is CCCCCCCCCCNC(=S)OCC(C)C. The molecule has 0 spiro atoms. The molecule has 1 N–H and O–H groups in total. The van der Waals surface area contributed by atoms with Crippen LogP contribution in [0.15, 0.2) is 0 Å². The molecule has 108 valence electrons. The number of hydrogen-bond acceptors (Lipinski definition) is 2. The molecular weight excluding hydrogens is 242 g/mol. The van der Waals surface area contributed by atoms with Gasteiger partial charge in [0.25, 0.3) is 5.17 Å². The van der Waals surface area contributed by atoms with Crippen molar-refractivity contribution in [2.45, 2.75) is 72.1 Å². The van der Waals surface area contributed by atoms with Gasteiger partial charge >= 0.3 is 0 Å². The molecule has 0 atom stereocenters. The summed E-state index contributed by atoms with van der Waals surface area (Å²) < 4.78 is 5.40. The minimum atomic E-state index is 0.535. The third-order valence-corrected chi connectivity index (χ3v) is 3.11. The molecule has 3 heteroatoms. The first kappa shape index (κ1) is 17.7. The Balaban J connectivity index is 3.12. The molecule has 0 heterocycles. The molecule has 0 radical (unpaired) electrons. The molecule has 0 rings (SSSR count). The molecule has 0 fully saturated rings. The number of rotatable bonds is 11. The van der Waals surface area contributed by atoms with Crippen molar-refractivity contribution in [1.29, 1.82) is 0 Å². The van der Waals surface area contributed by atoms with Crippen molar-refractivity contribution < 1.29 is 4.74 Å². The number of unbranched alkanes of at least 4 members (excludes halogenated alkanes) is 7. The second-order valence-corrected chi connectivity index (χ2v) is 5.76. The third-order valence-electron chi connectivity index (χ3n) is 2.85. The fourth-order valence-electron chi connectivity index (χ4n) is 1.74. The molecule has 0 aromatic carbocycles. The molecule has 2 nitrogen and oxygen atoms in total. The molecule has 0 aromatic rings. The zero-order valence-corrected chi connectivity index (χ0v) is 13.3. The van der Waals surface area contributed by atoms with Crippen molar-refractivity contribution in [3.63, 3.8) is 0 Å². The zero-order valence-electron chi connectivity index (χ0n) is 12.5. The normalized spacial score (nSPS) is 10.7. The Morgan fingerprint density at radius 2 is 1.56 bits per heavy atom. The van der Waals surface area contributed by atoms with Gasteiger partial charge in [0.1, 0.15) is 0 Å². The van der Waals surface area contributed by atoms with Gasteiger partial charge in [-0.15, -0.1) is 0 Å². The van der Waals surface area contributed by atoms with Gasteiger partial charge in [-0.25, -0.2) is 0 Å². The summed E-state index contributed by atoms with van der Waals surface area (Å²) >= 11 is 5.09. The van der Waals surface area contributed by atoms with Gasteiger partial charge in [0.2, 0.25) is 0 Å². The highest BCUT2D eigenvalue weighted by Gasteiger charge is 1.98. The van der Waals surface area contributed by atoms with E-state index in [-0.39, 0.29) is 0 Å². The quantitative estimate of drug-likeness (QED) is 0.436. The highest BCUT2D eigenvalue weighted by atomic mass is 32.1. The van der Waals surface area contributed by atoms with Crippen LogP contribution < -0.4 is 5.32 Å². The van der Waals surface area contributed by atoms with Crippen molar-refractivity contribution in [3.05, 3.63) is 0 Å². The lowest BCUT2D eigenvalue weighted by Gasteiger charge is -2.11. The molecule has 0 aliphatic heterocycles. The van der Waals surface area contributed by atoms with Crippen LogP contribution in [0.2, 0.25) is 0 Å². The van der Waals surface area contributed by atoms with E-state index in [1.807, 2.05) is 0 Å². The van der Waals surface area contributed by atoms with Crippen LogP contribution in [0.5, 0.6) is 0 Å². The van der Waals surface area contributed by atoms with E-state index in [2.05, 4.69) is 26.1 Å². The first-order valence-electron chi connectivity index (χ1n) is 7.57. The van der Waals surface area contributed by atoms with Crippen LogP contribution in [-0.4, -0.2) is 18.3 Å². The van der Waals surface area contributed by atoms with E-state index in [1.54, 1.807) is 0 Å². The van der Waals surface area contributed by atoms with Gasteiger partial charge in [0.05, 0.1) is 6.61 Å². The number of hydrogen-bond donors (Lipinski definition) is 1. The van der Waals surface area contributed by atoms with Gasteiger partial charge in [0.15, 0.2) is 0 Å². The Bertz CT molecular complexity index is 195. The highest BCUT2D eigenvalue weighted by molar-refractivity contribution is 7.80. The Labute approximate surface area is 119 Å². The average Bonchev–Trinajstić information content (AvgIpc) is 2.34. The number of ether oxygens (including phenoxy) is 1. The van der Waals surface area contributed by atoms with Gasteiger partial charge < -0.3 is 10.1 Å². The fourth-order valence-corrected chi connectivity index (χ4v) is 1.91. The molecule has 0 saturated carbocycles. The van der Waals surface area contributed by atoms with Gasteiger partial charge in [-0.1, -0.05) is 65.7 Å². The standard InChI is InChI=1S/C15H31NOS/c1-4-5-6-7-8-9-10-11-12-16-15(18)17-13-14(2)3/h14H,4-13H2,1-3H3,(H,16,18). The summed E-state index contributed by atoms with van der Waals surface area (Å²) in [5, 5.41) is 3.72. The van der Waals surface area contributed by atoms with Crippen molar-refractivity contribution in [1.82, 2.24) is 5.32 Å². The molecule has 0 unspecified atom stereocenters. The Morgan fingerprint density at radius 3 is 2.11 bits per heavy atom. The predicted octanol–water partition coefficient (Wildman–Crippen LogP) is 4.67. The van der Waals surface area contributed by atoms with Gasteiger partial charge in [-0.05, 0) is 24.6 Å². The fraction of sp³-hybridized carbons (Fsp3) is 0.933. The Kier molecular flexibility index (Phi) is 12.9. The van der Waals surface area contributed by atoms with E-state index < -0.39 is 0 Å². The van der Waals surface area contributed by atoms with Crippen LogP contribution in [-0.2, 0) is 4.74 Å². The summed E-state index contributed by atoms with van der Waals surface area (Å²) in [6, 6.07) is 0. The maximum Gasteiger partial charge on any atom is 0.256 e. The highest BCUT2D eigenvalue weighted by Crippen LogP contribution is 2.07. The second-order valence-electron chi connectivity index (χ2n) is 5.39. The molecule has 18 heavy (non-hydrogen) atoms. The van der Waals surface area contributed by atoms with Crippen molar-refractivity contribution in [2.75, 3.05) is 13.2 Å². The van der Waals surface area contributed by atoms with E-state index in [0.717, 1.165) is 6.54 Å². The van der Waals surface area contributed by atoms with Gasteiger partial charge in [0, 0.05) is 6.54 Å². The lowest BCUT2D eigenvalue weighted by atomic mass is 10.1. The van der Waals surface area contributed by atoms with E-state index in [0.29, 0.717) is 17.7 Å². The zero-order chi connectivity index (χ0) is 13.6. The van der Waals surface area contributed by atoms with Crippen LogP contribution >= 0.6 is 12.2 Å². The van der Waals surface area contributed by atoms with Crippen LogP contribution in [0, 0.1) is 5.92 Å². The minimum Gasteiger partial charge on any atom is -0.471 e. The second kappa shape index (κ2) is 13.1. The lowest BCUT2D eigenvalue weighted by molar-refractivity contribution is 0.254. The minimum absolute atomic E-state index is 0.535. The smallest absolute Gasteiger partial charge is 0.256 e. The summed E-state index contributed by atoms with van der Waals surface area (Å²) in [7, 11) is 0. The maximum atomic E-state index is 5.40. The summed E-state index contributed by atoms with van der Waals surface area (Å²) in [5.41, 5.74) is 0. The van der Waals surface area contributed by atoms with E-state index >= 15 is 0 Å². The average molecular weight is 273 g/mol. The number of nitrogens with one attached hydrogen (secondary N) is 1. The van der Waals surface area contributed by atoms with E-state index in [1.165, 1.54) is 51.4 Å². The monoisotopic (exact) mass is 273 g/mol. The molecule has 0 aliphatic rings. The van der Waals surface area contributed by atoms with Crippen LogP contribution in [0.3, 0.4) is 0 Å². The lowest BCUT2D eigenvalue weighted by Crippen LogP contribution is -2.26. The third kappa shape index (κ3) is 13.8. The Morgan fingerprint density at radius 1 is 1.00 bits per heavy atom. The maximum absolute atomic E-state index is 5.40. The molecule has 0 aromatic heterocycles. The van der Waals surface area contributed by atoms with E-state index in [9.17, 15) is 0 Å². The summed E-state index contributed by atoms with van der Waals surface area (Å²) in [5.74, 6) is 0.535. The molecule has 0 amide bonds. The first-order valence-corrected chi connectivity index (χ1v) is 7.98. The Hall–Kier alpha value is -0.310. The molecule has 0 aliphatic carbocycles. The molecule has 0 saturated heterocycles. The van der Waals surface area contributed by atoms with Crippen molar-refractivity contribution in [2.24, 2.45) is 5.92 Å². The summed E-state index contributed by atoms with van der Waals surface area (Å²) in [6.45, 7) is 8.17. The summed E-state index contributed by atoms with van der Waals surface area (Å²) in [4.78, 5) is 0. The van der Waals surface area contributed by atoms with Gasteiger partial charge in [-0.2, -0.15) is 0 Å². The van der Waals surface area contributed by atoms with Crippen molar-refractivity contribution >= 4 is 17.4 Å². The van der Waals surface area contributed by atoms with Crippen molar-refractivity contribution in [3.8, 4) is 0 Å². The predicted molar refractivity (Wildman–Crippen MR) is 84.0 cm³/mol. The van der Waals surface area contributed by atoms with Crippen LogP contribution in [0.4, 0.5) is 0 Å². The number of thiocarbonyl (C=S) groups is 1. The molecular formula is C15H31NOS. The van der Waals surface area contributed by atoms with E-state index in [4.69, 9.17) is 17.0 Å². The van der Waals surface area contributed by atoms with Gasteiger partial charge in [-0.3, -0.25) is 0 Å². The van der Waals surface area contributed by atoms with Crippen LogP contribution in [0.25, 0.3) is 0 Å².